The Morgan fingerprint density at radius 1 is 1.08 bits per heavy atom. The van der Waals surface area contributed by atoms with Gasteiger partial charge in [-0.15, -0.1) is 0 Å². The van der Waals surface area contributed by atoms with Crippen LogP contribution in [-0.4, -0.2) is 22.7 Å². The number of nitrogens with zero attached hydrogens (tertiary/aromatic N) is 2. The standard InChI is InChI=1S/C19H15FN2O3/c1-25-14-8-6-13(7-9-14)18(23)12-22-19(24)11-10-17(21-22)15-4-2-3-5-16(15)20/h2-11H,12H2,1H3. The third kappa shape index (κ3) is 3.63. The van der Waals surface area contributed by atoms with E-state index in [0.29, 0.717) is 17.0 Å². The van der Waals surface area contributed by atoms with Crippen molar-refractivity contribution in [2.45, 2.75) is 6.54 Å². The molecule has 25 heavy (non-hydrogen) atoms. The van der Waals surface area contributed by atoms with Crippen LogP contribution in [0.5, 0.6) is 5.75 Å². The molecule has 6 heteroatoms. The van der Waals surface area contributed by atoms with Gasteiger partial charge in [0.15, 0.2) is 5.78 Å². The summed E-state index contributed by atoms with van der Waals surface area (Å²) >= 11 is 0. The van der Waals surface area contributed by atoms with Gasteiger partial charge >= 0.3 is 0 Å². The number of halogens is 1. The van der Waals surface area contributed by atoms with Crippen molar-refractivity contribution < 1.29 is 13.9 Å². The molecule has 126 valence electrons. The second-order valence-electron chi connectivity index (χ2n) is 5.35. The molecule has 2 aromatic carbocycles. The molecule has 1 aromatic heterocycles. The molecule has 0 amide bonds. The molecule has 0 unspecified atom stereocenters. The average Bonchev–Trinajstić information content (AvgIpc) is 2.64. The van der Waals surface area contributed by atoms with Gasteiger partial charge in [0.2, 0.25) is 0 Å². The van der Waals surface area contributed by atoms with Crippen molar-refractivity contribution in [3.8, 4) is 17.0 Å². The van der Waals surface area contributed by atoms with Crippen LogP contribution in [0, 0.1) is 5.82 Å². The third-order valence-corrected chi connectivity index (χ3v) is 3.72. The first kappa shape index (κ1) is 16.6. The highest BCUT2D eigenvalue weighted by Crippen LogP contribution is 2.19. The Kier molecular flexibility index (Phi) is 4.70. The summed E-state index contributed by atoms with van der Waals surface area (Å²) in [6, 6.07) is 15.4. The number of benzene rings is 2. The first-order valence-corrected chi connectivity index (χ1v) is 7.59. The van der Waals surface area contributed by atoms with Gasteiger partial charge in [-0.2, -0.15) is 5.10 Å². The predicted molar refractivity (Wildman–Crippen MR) is 91.2 cm³/mol. The van der Waals surface area contributed by atoms with Crippen molar-refractivity contribution in [3.63, 3.8) is 0 Å². The van der Waals surface area contributed by atoms with E-state index < -0.39 is 11.4 Å². The van der Waals surface area contributed by atoms with Crippen LogP contribution in [0.15, 0.2) is 65.5 Å². The summed E-state index contributed by atoms with van der Waals surface area (Å²) in [5.74, 6) is -0.0852. The van der Waals surface area contributed by atoms with Crippen LogP contribution in [0.2, 0.25) is 0 Å². The van der Waals surface area contributed by atoms with Crippen molar-refractivity contribution >= 4 is 5.78 Å². The molecular weight excluding hydrogens is 323 g/mol. The van der Waals surface area contributed by atoms with Crippen molar-refractivity contribution in [2.24, 2.45) is 0 Å². The van der Waals surface area contributed by atoms with Gasteiger partial charge in [0.25, 0.3) is 5.56 Å². The fourth-order valence-corrected chi connectivity index (χ4v) is 2.38. The Morgan fingerprint density at radius 2 is 1.80 bits per heavy atom. The van der Waals surface area contributed by atoms with E-state index >= 15 is 0 Å². The van der Waals surface area contributed by atoms with Crippen molar-refractivity contribution in [3.05, 3.63) is 82.4 Å². The zero-order chi connectivity index (χ0) is 17.8. The van der Waals surface area contributed by atoms with Crippen LogP contribution < -0.4 is 10.3 Å². The van der Waals surface area contributed by atoms with E-state index in [2.05, 4.69) is 5.10 Å². The first-order chi connectivity index (χ1) is 12.1. The highest BCUT2D eigenvalue weighted by molar-refractivity contribution is 5.95. The predicted octanol–water partition coefficient (Wildman–Crippen LogP) is 2.94. The molecule has 0 fully saturated rings. The van der Waals surface area contributed by atoms with E-state index in [1.54, 1.807) is 42.5 Å². The number of carbonyl (C=O) groups is 1. The number of rotatable bonds is 5. The molecule has 0 aliphatic rings. The maximum absolute atomic E-state index is 13.9. The SMILES string of the molecule is COc1ccc(C(=O)Cn2nc(-c3ccccc3F)ccc2=O)cc1. The van der Waals surface area contributed by atoms with Crippen LogP contribution in [0.4, 0.5) is 4.39 Å². The largest absolute Gasteiger partial charge is 0.497 e. The monoisotopic (exact) mass is 338 g/mol. The number of carbonyl (C=O) groups excluding carboxylic acids is 1. The molecule has 3 aromatic rings. The third-order valence-electron chi connectivity index (χ3n) is 3.72. The minimum absolute atomic E-state index is 0.229. The van der Waals surface area contributed by atoms with Gasteiger partial charge in [-0.05, 0) is 42.5 Å². The quantitative estimate of drug-likeness (QED) is 0.671. The lowest BCUT2D eigenvalue weighted by Gasteiger charge is -2.08. The van der Waals surface area contributed by atoms with E-state index in [9.17, 15) is 14.0 Å². The van der Waals surface area contributed by atoms with Crippen LogP contribution in [0.1, 0.15) is 10.4 Å². The second-order valence-corrected chi connectivity index (χ2v) is 5.35. The van der Waals surface area contributed by atoms with Crippen LogP contribution in [0.25, 0.3) is 11.3 Å². The lowest BCUT2D eigenvalue weighted by molar-refractivity contribution is 0.0966. The van der Waals surface area contributed by atoms with Crippen LogP contribution in [-0.2, 0) is 6.54 Å². The molecule has 0 aliphatic carbocycles. The van der Waals surface area contributed by atoms with Gasteiger partial charge in [-0.1, -0.05) is 12.1 Å². The molecule has 0 radical (unpaired) electrons. The molecule has 0 saturated heterocycles. The molecule has 0 spiro atoms. The van der Waals surface area contributed by atoms with Crippen LogP contribution in [0.3, 0.4) is 0 Å². The number of hydrogen-bond acceptors (Lipinski definition) is 4. The summed E-state index contributed by atoms with van der Waals surface area (Å²) in [6.07, 6.45) is 0. The molecule has 0 bridgehead atoms. The normalized spacial score (nSPS) is 10.5. The summed E-state index contributed by atoms with van der Waals surface area (Å²) < 4.78 is 20.0. The lowest BCUT2D eigenvalue weighted by atomic mass is 10.1. The Hall–Kier alpha value is -3.28. The van der Waals surface area contributed by atoms with E-state index in [0.717, 1.165) is 4.68 Å². The summed E-state index contributed by atoms with van der Waals surface area (Å²) in [7, 11) is 1.54. The molecule has 1 heterocycles. The van der Waals surface area contributed by atoms with Gasteiger partial charge in [0.1, 0.15) is 18.1 Å². The minimum atomic E-state index is -0.443. The highest BCUT2D eigenvalue weighted by atomic mass is 19.1. The molecule has 5 nitrogen and oxygen atoms in total. The number of Topliss-reactive ketones (excluding diaryl/α,β-unsaturated/α-hetero) is 1. The molecule has 3 rings (SSSR count). The number of hydrogen-bond donors (Lipinski definition) is 0. The minimum Gasteiger partial charge on any atom is -0.497 e. The number of ketones is 1. The lowest BCUT2D eigenvalue weighted by Crippen LogP contribution is -2.26. The van der Waals surface area contributed by atoms with Crippen molar-refractivity contribution in [1.29, 1.82) is 0 Å². The van der Waals surface area contributed by atoms with Crippen LogP contribution >= 0.6 is 0 Å². The Balaban J connectivity index is 1.89. The zero-order valence-corrected chi connectivity index (χ0v) is 13.5. The maximum atomic E-state index is 13.9. The van der Waals surface area contributed by atoms with E-state index in [4.69, 9.17) is 4.74 Å². The highest BCUT2D eigenvalue weighted by Gasteiger charge is 2.12. The van der Waals surface area contributed by atoms with Crippen molar-refractivity contribution in [1.82, 2.24) is 9.78 Å². The summed E-state index contributed by atoms with van der Waals surface area (Å²) in [6.45, 7) is -0.229. The fourth-order valence-electron chi connectivity index (χ4n) is 2.38. The summed E-state index contributed by atoms with van der Waals surface area (Å²) in [5.41, 5.74) is 0.570. The van der Waals surface area contributed by atoms with Gasteiger partial charge in [0, 0.05) is 17.2 Å². The second kappa shape index (κ2) is 7.09. The molecule has 0 aliphatic heterocycles. The number of aromatic nitrogens is 2. The first-order valence-electron chi connectivity index (χ1n) is 7.59. The number of methoxy groups -OCH3 is 1. The molecule has 0 atom stereocenters. The average molecular weight is 338 g/mol. The van der Waals surface area contributed by atoms with Gasteiger partial charge < -0.3 is 4.74 Å². The Bertz CT molecular complexity index is 965. The summed E-state index contributed by atoms with van der Waals surface area (Å²) in [5, 5.41) is 4.12. The Labute approximate surface area is 143 Å². The van der Waals surface area contributed by atoms with Gasteiger partial charge in [-0.3, -0.25) is 9.59 Å². The smallest absolute Gasteiger partial charge is 0.267 e. The van der Waals surface area contributed by atoms with E-state index in [1.807, 2.05) is 0 Å². The topological polar surface area (TPSA) is 61.2 Å². The van der Waals surface area contributed by atoms with Crippen molar-refractivity contribution in [2.75, 3.05) is 7.11 Å². The Morgan fingerprint density at radius 3 is 2.48 bits per heavy atom. The van der Waals surface area contributed by atoms with E-state index in [1.165, 1.54) is 25.3 Å². The number of ether oxygens (including phenoxy) is 1. The maximum Gasteiger partial charge on any atom is 0.267 e. The van der Waals surface area contributed by atoms with Gasteiger partial charge in [0.05, 0.1) is 12.8 Å². The van der Waals surface area contributed by atoms with Gasteiger partial charge in [-0.25, -0.2) is 9.07 Å². The molecule has 0 saturated carbocycles. The molecule has 0 N–H and O–H groups in total. The summed E-state index contributed by atoms with van der Waals surface area (Å²) in [4.78, 5) is 24.4. The zero-order valence-electron chi connectivity index (χ0n) is 13.5. The fraction of sp³-hybridized carbons (Fsp3) is 0.105. The molecular formula is C19H15FN2O3. The van der Waals surface area contributed by atoms with E-state index in [-0.39, 0.29) is 17.9 Å².